The number of hydrogen-bond acceptors (Lipinski definition) is 0. The Morgan fingerprint density at radius 3 is 1.64 bits per heavy atom. The molecule has 0 spiro atoms. The van der Waals surface area contributed by atoms with Crippen molar-refractivity contribution in [1.82, 2.24) is 0 Å². The zero-order valence-electron chi connectivity index (χ0n) is 8.27. The van der Waals surface area contributed by atoms with Crippen LogP contribution in [0.4, 0.5) is 0 Å². The van der Waals surface area contributed by atoms with Crippen LogP contribution < -0.4 is 0 Å². The zero-order valence-corrected chi connectivity index (χ0v) is 8.27. The summed E-state index contributed by atoms with van der Waals surface area (Å²) in [5.74, 6) is 3.45. The van der Waals surface area contributed by atoms with Gasteiger partial charge >= 0.3 is 0 Å². The fourth-order valence-corrected chi connectivity index (χ4v) is 2.35. The van der Waals surface area contributed by atoms with Gasteiger partial charge in [-0.25, -0.2) is 0 Å². The highest BCUT2D eigenvalue weighted by atomic mass is 14.5. The van der Waals surface area contributed by atoms with Crippen molar-refractivity contribution in [2.24, 2.45) is 17.8 Å². The molecule has 0 amide bonds. The molecule has 0 nitrogen and oxygen atoms in total. The lowest BCUT2D eigenvalue weighted by molar-refractivity contribution is 0.480. The van der Waals surface area contributed by atoms with Gasteiger partial charge in [0.05, 0.1) is 0 Å². The van der Waals surface area contributed by atoms with E-state index in [0.29, 0.717) is 0 Å². The molecule has 2 fully saturated rings. The van der Waals surface area contributed by atoms with E-state index in [-0.39, 0.29) is 0 Å². The van der Waals surface area contributed by atoms with Crippen LogP contribution in [0, 0.1) is 17.8 Å². The van der Waals surface area contributed by atoms with E-state index < -0.39 is 0 Å². The summed E-state index contributed by atoms with van der Waals surface area (Å²) in [6.45, 7) is 6.67. The van der Waals surface area contributed by atoms with E-state index in [9.17, 15) is 0 Å². The summed E-state index contributed by atoms with van der Waals surface area (Å²) in [5.41, 5.74) is 0. The van der Waals surface area contributed by atoms with E-state index in [4.69, 9.17) is 0 Å². The Bertz CT molecular complexity index is 94.6. The van der Waals surface area contributed by atoms with Gasteiger partial charge in [-0.2, -0.15) is 0 Å². The molecule has 0 aromatic heterocycles. The first-order valence-electron chi connectivity index (χ1n) is 5.31. The van der Waals surface area contributed by atoms with Gasteiger partial charge < -0.3 is 0 Å². The quantitative estimate of drug-likeness (QED) is 0.497. The predicted octanol–water partition coefficient (Wildman–Crippen LogP) is 3.86. The molecule has 0 aromatic rings. The molecular weight excluding hydrogens is 132 g/mol. The minimum atomic E-state index is 1.11. The fraction of sp³-hybridized carbons (Fsp3) is 1.00. The van der Waals surface area contributed by atoms with Crippen LogP contribution in [0.1, 0.15) is 52.9 Å². The maximum absolute atomic E-state index is 2.42. The average molecular weight is 154 g/mol. The van der Waals surface area contributed by atoms with Gasteiger partial charge in [0.1, 0.15) is 0 Å². The lowest BCUT2D eigenvalue weighted by Gasteiger charge is -2.05. The number of hydrogen-bond donors (Lipinski definition) is 0. The van der Waals surface area contributed by atoms with Gasteiger partial charge in [-0.3, -0.25) is 0 Å². The Hall–Kier alpha value is 0. The first-order valence-corrected chi connectivity index (χ1v) is 5.31. The van der Waals surface area contributed by atoms with Crippen molar-refractivity contribution in [2.45, 2.75) is 52.9 Å². The standard InChI is InChI=1S/C8H14.C3H8/c1-6-7-4-2-3-5-8(6)7;1-3-2/h6-8H,2-5H2,1H3;3H2,1-2H3. The highest BCUT2D eigenvalue weighted by Crippen LogP contribution is 2.54. The van der Waals surface area contributed by atoms with Gasteiger partial charge in [0, 0.05) is 0 Å². The molecule has 2 aliphatic rings. The summed E-state index contributed by atoms with van der Waals surface area (Å²) in [6, 6.07) is 0. The maximum Gasteiger partial charge on any atom is -0.0355 e. The summed E-state index contributed by atoms with van der Waals surface area (Å²) < 4.78 is 0. The Balaban J connectivity index is 0.000000179. The first kappa shape index (κ1) is 9.09. The van der Waals surface area contributed by atoms with Crippen molar-refractivity contribution in [3.05, 3.63) is 0 Å². The molecule has 0 radical (unpaired) electrons. The second-order valence-electron chi connectivity index (χ2n) is 4.18. The largest absolute Gasteiger partial charge is 0.0656 e. The summed E-state index contributed by atoms with van der Waals surface area (Å²) in [4.78, 5) is 0. The van der Waals surface area contributed by atoms with Crippen LogP contribution >= 0.6 is 0 Å². The van der Waals surface area contributed by atoms with Gasteiger partial charge in [0.2, 0.25) is 0 Å². The summed E-state index contributed by atoms with van der Waals surface area (Å²) >= 11 is 0. The van der Waals surface area contributed by atoms with Crippen molar-refractivity contribution in [2.75, 3.05) is 0 Å². The van der Waals surface area contributed by atoms with Crippen molar-refractivity contribution in [3.8, 4) is 0 Å². The molecule has 0 saturated heterocycles. The predicted molar refractivity (Wildman–Crippen MR) is 50.6 cm³/mol. The Morgan fingerprint density at radius 1 is 1.00 bits per heavy atom. The van der Waals surface area contributed by atoms with E-state index in [1.165, 1.54) is 31.1 Å². The van der Waals surface area contributed by atoms with E-state index in [2.05, 4.69) is 20.8 Å². The second-order valence-corrected chi connectivity index (χ2v) is 4.18. The SMILES string of the molecule is CC1C2CCCCC12.CCC. The average Bonchev–Trinajstić information content (AvgIpc) is 2.66. The highest BCUT2D eigenvalue weighted by molar-refractivity contribution is 4.95. The fourth-order valence-electron chi connectivity index (χ4n) is 2.35. The Labute approximate surface area is 71.4 Å². The highest BCUT2D eigenvalue weighted by Gasteiger charge is 2.46. The normalized spacial score (nSPS) is 40.1. The van der Waals surface area contributed by atoms with Crippen LogP contribution in [0.5, 0.6) is 0 Å². The van der Waals surface area contributed by atoms with Crippen molar-refractivity contribution >= 4 is 0 Å². The molecule has 2 saturated carbocycles. The molecule has 66 valence electrons. The van der Waals surface area contributed by atoms with E-state index in [1.807, 2.05) is 0 Å². The lowest BCUT2D eigenvalue weighted by atomic mass is 10.0. The van der Waals surface area contributed by atoms with Crippen molar-refractivity contribution in [1.29, 1.82) is 0 Å². The van der Waals surface area contributed by atoms with Gasteiger partial charge in [0.15, 0.2) is 0 Å². The van der Waals surface area contributed by atoms with Crippen LogP contribution in [0.25, 0.3) is 0 Å². The third kappa shape index (κ3) is 2.21. The van der Waals surface area contributed by atoms with Crippen LogP contribution in [0.15, 0.2) is 0 Å². The maximum atomic E-state index is 2.42. The van der Waals surface area contributed by atoms with Crippen LogP contribution in [-0.2, 0) is 0 Å². The molecule has 2 atom stereocenters. The molecule has 0 N–H and O–H groups in total. The molecule has 0 bridgehead atoms. The van der Waals surface area contributed by atoms with Crippen LogP contribution in [-0.4, -0.2) is 0 Å². The minimum Gasteiger partial charge on any atom is -0.0656 e. The number of rotatable bonds is 0. The Kier molecular flexibility index (Phi) is 3.42. The molecule has 2 unspecified atom stereocenters. The van der Waals surface area contributed by atoms with E-state index in [1.54, 1.807) is 12.8 Å². The molecule has 0 heterocycles. The zero-order chi connectivity index (χ0) is 8.27. The Morgan fingerprint density at radius 2 is 1.36 bits per heavy atom. The molecule has 0 aliphatic heterocycles. The second kappa shape index (κ2) is 4.13. The molecule has 2 rings (SSSR count). The summed E-state index contributed by atoms with van der Waals surface area (Å²) in [7, 11) is 0. The van der Waals surface area contributed by atoms with Gasteiger partial charge in [0.25, 0.3) is 0 Å². The van der Waals surface area contributed by atoms with E-state index >= 15 is 0 Å². The van der Waals surface area contributed by atoms with Gasteiger partial charge in [-0.1, -0.05) is 40.0 Å². The summed E-state index contributed by atoms with van der Waals surface area (Å²) in [6.07, 6.45) is 7.38. The summed E-state index contributed by atoms with van der Waals surface area (Å²) in [5, 5.41) is 0. The molecule has 0 aromatic carbocycles. The third-order valence-corrected chi connectivity index (χ3v) is 3.08. The van der Waals surface area contributed by atoms with Crippen molar-refractivity contribution in [3.63, 3.8) is 0 Å². The van der Waals surface area contributed by atoms with Crippen LogP contribution in [0.2, 0.25) is 0 Å². The molecule has 2 aliphatic carbocycles. The van der Waals surface area contributed by atoms with Gasteiger partial charge in [-0.15, -0.1) is 0 Å². The monoisotopic (exact) mass is 154 g/mol. The molecule has 0 heteroatoms. The van der Waals surface area contributed by atoms with Crippen LogP contribution in [0.3, 0.4) is 0 Å². The molecule has 11 heavy (non-hydrogen) atoms. The van der Waals surface area contributed by atoms with Crippen molar-refractivity contribution < 1.29 is 0 Å². The third-order valence-electron chi connectivity index (χ3n) is 3.08. The smallest absolute Gasteiger partial charge is 0.0355 e. The first-order chi connectivity index (χ1) is 5.31. The number of fused-ring (bicyclic) bond motifs is 1. The minimum absolute atomic E-state index is 1.11. The topological polar surface area (TPSA) is 0 Å². The van der Waals surface area contributed by atoms with Gasteiger partial charge in [-0.05, 0) is 30.6 Å². The molecular formula is C11H22. The lowest BCUT2D eigenvalue weighted by Crippen LogP contribution is -1.91. The van der Waals surface area contributed by atoms with E-state index in [0.717, 1.165) is 5.92 Å².